The van der Waals surface area contributed by atoms with Crippen LogP contribution in [-0.4, -0.2) is 26.1 Å². The first-order valence-electron chi connectivity index (χ1n) is 6.37. The van der Waals surface area contributed by atoms with Crippen molar-refractivity contribution in [3.63, 3.8) is 0 Å². The van der Waals surface area contributed by atoms with Gasteiger partial charge in [0, 0.05) is 12.1 Å². The van der Waals surface area contributed by atoms with E-state index in [-0.39, 0.29) is 5.91 Å². The summed E-state index contributed by atoms with van der Waals surface area (Å²) in [5.41, 5.74) is 0.988. The lowest BCUT2D eigenvalue weighted by molar-refractivity contribution is -0.120. The van der Waals surface area contributed by atoms with Crippen molar-refractivity contribution < 1.29 is 9.53 Å². The third-order valence-corrected chi connectivity index (χ3v) is 2.66. The standard InChI is InChI=1S/C14H22N2O2/c1-3-4-9-15-11-14(17)16-10-12-7-5-6-8-13(12)18-2/h5-8,15H,3-4,9-11H2,1-2H3,(H,16,17). The zero-order valence-electron chi connectivity index (χ0n) is 11.2. The van der Waals surface area contributed by atoms with Crippen LogP contribution in [0.4, 0.5) is 0 Å². The number of nitrogens with one attached hydrogen (secondary N) is 2. The third kappa shape index (κ3) is 5.19. The number of unbranched alkanes of at least 4 members (excludes halogenated alkanes) is 1. The van der Waals surface area contributed by atoms with Crippen molar-refractivity contribution in [1.82, 2.24) is 10.6 Å². The first-order valence-corrected chi connectivity index (χ1v) is 6.37. The zero-order valence-corrected chi connectivity index (χ0v) is 11.2. The van der Waals surface area contributed by atoms with E-state index in [0.717, 1.165) is 30.7 Å². The molecule has 0 atom stereocenters. The molecule has 0 aliphatic heterocycles. The van der Waals surface area contributed by atoms with Crippen molar-refractivity contribution in [2.24, 2.45) is 0 Å². The van der Waals surface area contributed by atoms with Gasteiger partial charge in [-0.3, -0.25) is 4.79 Å². The van der Waals surface area contributed by atoms with Gasteiger partial charge in [0.2, 0.25) is 5.91 Å². The fourth-order valence-electron chi connectivity index (χ4n) is 1.61. The van der Waals surface area contributed by atoms with E-state index in [9.17, 15) is 4.79 Å². The van der Waals surface area contributed by atoms with E-state index in [1.54, 1.807) is 7.11 Å². The number of carbonyl (C=O) groups is 1. The Labute approximate surface area is 109 Å². The second-order valence-electron chi connectivity index (χ2n) is 4.12. The Morgan fingerprint density at radius 2 is 2.11 bits per heavy atom. The van der Waals surface area contributed by atoms with Crippen molar-refractivity contribution >= 4 is 5.91 Å². The number of hydrogen-bond acceptors (Lipinski definition) is 3. The Kier molecular flexibility index (Phi) is 6.87. The maximum atomic E-state index is 11.6. The summed E-state index contributed by atoms with van der Waals surface area (Å²) in [6.07, 6.45) is 2.23. The molecule has 0 aliphatic carbocycles. The number of para-hydroxylation sites is 1. The lowest BCUT2D eigenvalue weighted by Gasteiger charge is -2.09. The van der Waals surface area contributed by atoms with E-state index in [1.165, 1.54) is 0 Å². The van der Waals surface area contributed by atoms with Crippen LogP contribution in [0.1, 0.15) is 25.3 Å². The molecule has 0 unspecified atom stereocenters. The highest BCUT2D eigenvalue weighted by Crippen LogP contribution is 2.16. The average Bonchev–Trinajstić information content (AvgIpc) is 2.41. The summed E-state index contributed by atoms with van der Waals surface area (Å²) < 4.78 is 5.22. The summed E-state index contributed by atoms with van der Waals surface area (Å²) in [4.78, 5) is 11.6. The van der Waals surface area contributed by atoms with Crippen LogP contribution in [0.25, 0.3) is 0 Å². The SMILES string of the molecule is CCCCNCC(=O)NCc1ccccc1OC. The number of hydrogen-bond donors (Lipinski definition) is 2. The number of ether oxygens (including phenoxy) is 1. The number of methoxy groups -OCH3 is 1. The highest BCUT2D eigenvalue weighted by molar-refractivity contribution is 5.78. The van der Waals surface area contributed by atoms with E-state index in [1.807, 2.05) is 24.3 Å². The predicted octanol–water partition coefficient (Wildman–Crippen LogP) is 1.70. The molecule has 1 aromatic carbocycles. The molecule has 18 heavy (non-hydrogen) atoms. The summed E-state index contributed by atoms with van der Waals surface area (Å²) in [6, 6.07) is 7.69. The van der Waals surface area contributed by atoms with Gasteiger partial charge < -0.3 is 15.4 Å². The highest BCUT2D eigenvalue weighted by Gasteiger charge is 2.04. The van der Waals surface area contributed by atoms with E-state index < -0.39 is 0 Å². The van der Waals surface area contributed by atoms with Gasteiger partial charge in [-0.25, -0.2) is 0 Å². The van der Waals surface area contributed by atoms with Crippen LogP contribution in [-0.2, 0) is 11.3 Å². The van der Waals surface area contributed by atoms with Crippen molar-refractivity contribution in [2.75, 3.05) is 20.2 Å². The molecule has 100 valence electrons. The second kappa shape index (κ2) is 8.53. The van der Waals surface area contributed by atoms with Crippen molar-refractivity contribution in [3.8, 4) is 5.75 Å². The van der Waals surface area contributed by atoms with E-state index in [2.05, 4.69) is 17.6 Å². The van der Waals surface area contributed by atoms with E-state index >= 15 is 0 Å². The van der Waals surface area contributed by atoms with Gasteiger partial charge in [0.05, 0.1) is 13.7 Å². The minimum Gasteiger partial charge on any atom is -0.496 e. The lowest BCUT2D eigenvalue weighted by Crippen LogP contribution is -2.33. The van der Waals surface area contributed by atoms with Gasteiger partial charge in [0.25, 0.3) is 0 Å². The van der Waals surface area contributed by atoms with Gasteiger partial charge in [-0.05, 0) is 19.0 Å². The summed E-state index contributed by atoms with van der Waals surface area (Å²) in [7, 11) is 1.63. The van der Waals surface area contributed by atoms with Gasteiger partial charge in [0.15, 0.2) is 0 Å². The molecule has 0 radical (unpaired) electrons. The van der Waals surface area contributed by atoms with Gasteiger partial charge in [-0.15, -0.1) is 0 Å². The fraction of sp³-hybridized carbons (Fsp3) is 0.500. The minimum atomic E-state index is 0.0111. The van der Waals surface area contributed by atoms with Gasteiger partial charge in [-0.2, -0.15) is 0 Å². The molecule has 1 aromatic rings. The molecular weight excluding hydrogens is 228 g/mol. The summed E-state index contributed by atoms with van der Waals surface area (Å²) in [6.45, 7) is 3.88. The monoisotopic (exact) mass is 250 g/mol. The second-order valence-corrected chi connectivity index (χ2v) is 4.12. The fourth-order valence-corrected chi connectivity index (χ4v) is 1.61. The Balaban J connectivity index is 2.29. The molecule has 0 fully saturated rings. The quantitative estimate of drug-likeness (QED) is 0.690. The van der Waals surface area contributed by atoms with Crippen molar-refractivity contribution in [1.29, 1.82) is 0 Å². The van der Waals surface area contributed by atoms with Crippen LogP contribution in [0.15, 0.2) is 24.3 Å². The first-order chi connectivity index (χ1) is 8.77. The van der Waals surface area contributed by atoms with Crippen LogP contribution >= 0.6 is 0 Å². The lowest BCUT2D eigenvalue weighted by atomic mass is 10.2. The molecule has 0 spiro atoms. The van der Waals surface area contributed by atoms with Crippen LogP contribution in [0.2, 0.25) is 0 Å². The highest BCUT2D eigenvalue weighted by atomic mass is 16.5. The summed E-state index contributed by atoms with van der Waals surface area (Å²) >= 11 is 0. The minimum absolute atomic E-state index is 0.0111. The molecule has 4 heteroatoms. The van der Waals surface area contributed by atoms with Crippen LogP contribution in [0.3, 0.4) is 0 Å². The molecule has 2 N–H and O–H groups in total. The number of carbonyl (C=O) groups excluding carboxylic acids is 1. The first kappa shape index (κ1) is 14.5. The normalized spacial score (nSPS) is 10.1. The topological polar surface area (TPSA) is 50.4 Å². The van der Waals surface area contributed by atoms with Crippen LogP contribution in [0.5, 0.6) is 5.75 Å². The van der Waals surface area contributed by atoms with Crippen molar-refractivity contribution in [2.45, 2.75) is 26.3 Å². The summed E-state index contributed by atoms with van der Waals surface area (Å²) in [5.74, 6) is 0.814. The molecule has 1 amide bonds. The van der Waals surface area contributed by atoms with E-state index in [4.69, 9.17) is 4.74 Å². The third-order valence-electron chi connectivity index (χ3n) is 2.66. The molecule has 0 saturated carbocycles. The predicted molar refractivity (Wildman–Crippen MR) is 72.6 cm³/mol. The molecular formula is C14H22N2O2. The van der Waals surface area contributed by atoms with Crippen LogP contribution in [0, 0.1) is 0 Å². The molecule has 4 nitrogen and oxygen atoms in total. The molecule has 0 aromatic heterocycles. The van der Waals surface area contributed by atoms with Crippen LogP contribution < -0.4 is 15.4 Å². The Morgan fingerprint density at radius 3 is 2.83 bits per heavy atom. The largest absolute Gasteiger partial charge is 0.496 e. The molecule has 0 aliphatic rings. The average molecular weight is 250 g/mol. The molecule has 0 bridgehead atoms. The van der Waals surface area contributed by atoms with E-state index in [0.29, 0.717) is 13.1 Å². The van der Waals surface area contributed by atoms with Gasteiger partial charge in [-0.1, -0.05) is 31.5 Å². The summed E-state index contributed by atoms with van der Waals surface area (Å²) in [5, 5.41) is 5.98. The van der Waals surface area contributed by atoms with Crippen molar-refractivity contribution in [3.05, 3.63) is 29.8 Å². The number of rotatable bonds is 8. The Hall–Kier alpha value is -1.55. The van der Waals surface area contributed by atoms with Gasteiger partial charge in [0.1, 0.15) is 5.75 Å². The zero-order chi connectivity index (χ0) is 13.2. The Morgan fingerprint density at radius 1 is 1.33 bits per heavy atom. The number of benzene rings is 1. The maximum absolute atomic E-state index is 11.6. The molecule has 1 rings (SSSR count). The number of amides is 1. The molecule has 0 heterocycles. The van der Waals surface area contributed by atoms with Gasteiger partial charge >= 0.3 is 0 Å². The molecule has 0 saturated heterocycles. The Bertz CT molecular complexity index is 367. The maximum Gasteiger partial charge on any atom is 0.234 e. The smallest absolute Gasteiger partial charge is 0.234 e.